The van der Waals surface area contributed by atoms with Crippen molar-refractivity contribution in [3.05, 3.63) is 70.0 Å². The first-order valence-electron chi connectivity index (χ1n) is 11.0. The fraction of sp³-hybridized carbons (Fsp3) is 0.417. The third kappa shape index (κ3) is 4.84. The van der Waals surface area contributed by atoms with E-state index in [-0.39, 0.29) is 11.9 Å². The minimum atomic E-state index is -0.618. The summed E-state index contributed by atoms with van der Waals surface area (Å²) in [5, 5.41) is 0.742. The molecule has 0 bridgehead atoms. The first-order valence-corrected chi connectivity index (χ1v) is 11.3. The number of halogens is 3. The molecule has 7 heteroatoms. The zero-order chi connectivity index (χ0) is 22.0. The molecule has 1 aromatic heterocycles. The van der Waals surface area contributed by atoms with Gasteiger partial charge < -0.3 is 0 Å². The summed E-state index contributed by atoms with van der Waals surface area (Å²) < 4.78 is 35.1. The van der Waals surface area contributed by atoms with Crippen LogP contribution in [0.25, 0.3) is 5.69 Å². The number of hydrogen-bond acceptors (Lipinski definition) is 2. The van der Waals surface area contributed by atoms with E-state index < -0.39 is 11.6 Å². The van der Waals surface area contributed by atoms with Crippen molar-refractivity contribution in [3.63, 3.8) is 0 Å². The van der Waals surface area contributed by atoms with E-state index in [0.717, 1.165) is 61.1 Å². The summed E-state index contributed by atoms with van der Waals surface area (Å²) in [5.74, 6) is 0.401. The van der Waals surface area contributed by atoms with Crippen LogP contribution in [0, 0.1) is 11.6 Å². The van der Waals surface area contributed by atoms with Crippen LogP contribution in [-0.2, 0) is 12.8 Å². The second kappa shape index (κ2) is 9.52. The predicted molar refractivity (Wildman–Crippen MR) is 121 cm³/mol. The number of hydrogen-bond donors (Lipinski definition) is 0. The molecule has 3 nitrogen and oxygen atoms in total. The Bertz CT molecular complexity index is 1040. The second-order valence-corrected chi connectivity index (χ2v) is 8.56. The van der Waals surface area contributed by atoms with Crippen molar-refractivity contribution in [2.24, 2.45) is 0 Å². The average molecular weight is 443 g/mol. The van der Waals surface area contributed by atoms with E-state index in [4.69, 9.17) is 21.2 Å². The summed E-state index contributed by atoms with van der Waals surface area (Å²) in [7, 11) is 1.97. The van der Waals surface area contributed by atoms with E-state index in [0.29, 0.717) is 5.92 Å². The van der Waals surface area contributed by atoms with Crippen molar-refractivity contribution in [2.45, 2.75) is 64.4 Å². The van der Waals surface area contributed by atoms with Gasteiger partial charge in [-0.3, -0.25) is 0 Å². The zero-order valence-corrected chi connectivity index (χ0v) is 18.6. The van der Waals surface area contributed by atoms with Crippen molar-refractivity contribution in [3.8, 4) is 11.4 Å². The molecule has 162 valence electrons. The van der Waals surface area contributed by atoms with Crippen LogP contribution < -0.4 is 4.74 Å². The molecule has 4 rings (SSSR count). The second-order valence-electron chi connectivity index (χ2n) is 8.12. The number of rotatable bonds is 6. The van der Waals surface area contributed by atoms with Gasteiger partial charge in [-0.1, -0.05) is 0 Å². The summed E-state index contributed by atoms with van der Waals surface area (Å²) in [4.78, 5) is 4.81. The molecule has 1 saturated carbocycles. The Morgan fingerprint density at radius 2 is 1.74 bits per heavy atom. The Morgan fingerprint density at radius 3 is 2.39 bits per heavy atom. The average Bonchev–Trinajstić information content (AvgIpc) is 3.17. The molecule has 0 atom stereocenters. The van der Waals surface area contributed by atoms with Gasteiger partial charge in [0.25, 0.3) is 0 Å². The molecule has 2 aromatic carbocycles. The Morgan fingerprint density at radius 1 is 1.03 bits per heavy atom. The molecule has 0 spiro atoms. The Labute approximate surface area is 187 Å². The van der Waals surface area contributed by atoms with Crippen LogP contribution in [0.5, 0.6) is 5.75 Å². The normalized spacial score (nSPS) is 18.7. The Kier molecular flexibility index (Phi) is 6.75. The van der Waals surface area contributed by atoms with Gasteiger partial charge in [0.15, 0.2) is 0 Å². The summed E-state index contributed by atoms with van der Waals surface area (Å²) in [6.07, 6.45) is 5.20. The van der Waals surface area contributed by atoms with Gasteiger partial charge in [0.1, 0.15) is 0 Å². The SMILES string of the molecule is CCc1cc(Cl)ccc1-n1c(CC)bnc1C1CCC(Oc2cc(F)cc(F)c2)CC1. The van der Waals surface area contributed by atoms with Gasteiger partial charge in [-0.25, -0.2) is 0 Å². The molecule has 0 amide bonds. The minimum absolute atomic E-state index is 0.0479. The van der Waals surface area contributed by atoms with Gasteiger partial charge in [-0.05, 0) is 0 Å². The molecular formula is C24H26BClF2N2O. The van der Waals surface area contributed by atoms with Crippen LogP contribution in [0.15, 0.2) is 36.4 Å². The van der Waals surface area contributed by atoms with Crippen molar-refractivity contribution in [1.29, 1.82) is 0 Å². The van der Waals surface area contributed by atoms with Gasteiger partial charge in [-0.2, -0.15) is 0 Å². The predicted octanol–water partition coefficient (Wildman–Crippen LogP) is 6.37. The Balaban J connectivity index is 1.54. The maximum absolute atomic E-state index is 13.5. The van der Waals surface area contributed by atoms with Gasteiger partial charge in [-0.15, -0.1) is 0 Å². The number of aryl methyl sites for hydroxylation is 2. The van der Waals surface area contributed by atoms with Gasteiger partial charge in [0, 0.05) is 0 Å². The van der Waals surface area contributed by atoms with Crippen LogP contribution in [-0.4, -0.2) is 22.6 Å². The number of benzene rings is 2. The fourth-order valence-corrected chi connectivity index (χ4v) is 4.70. The molecule has 3 aromatic rings. The molecule has 1 aliphatic carbocycles. The fourth-order valence-electron chi connectivity index (χ4n) is 4.50. The third-order valence-electron chi connectivity index (χ3n) is 6.07. The monoisotopic (exact) mass is 442 g/mol. The summed E-state index contributed by atoms with van der Waals surface area (Å²) in [6.45, 7) is 4.27. The molecule has 0 saturated heterocycles. The van der Waals surface area contributed by atoms with Gasteiger partial charge >= 0.3 is 187 Å². The van der Waals surface area contributed by atoms with Gasteiger partial charge in [0.05, 0.1) is 0 Å². The van der Waals surface area contributed by atoms with Crippen molar-refractivity contribution in [1.82, 2.24) is 9.46 Å². The van der Waals surface area contributed by atoms with Crippen molar-refractivity contribution >= 4 is 18.7 Å². The van der Waals surface area contributed by atoms with E-state index in [1.165, 1.54) is 23.3 Å². The molecule has 0 N–H and O–H groups in total. The van der Waals surface area contributed by atoms with Crippen LogP contribution in [0.1, 0.15) is 62.4 Å². The van der Waals surface area contributed by atoms with Crippen molar-refractivity contribution in [2.75, 3.05) is 0 Å². The zero-order valence-electron chi connectivity index (χ0n) is 17.9. The number of nitrogens with zero attached hydrogens (tertiary/aromatic N) is 2. The number of ether oxygens (including phenoxy) is 1. The molecule has 1 heterocycles. The van der Waals surface area contributed by atoms with Crippen LogP contribution >= 0.6 is 11.6 Å². The van der Waals surface area contributed by atoms with E-state index in [1.54, 1.807) is 0 Å². The van der Waals surface area contributed by atoms with Crippen LogP contribution in [0.3, 0.4) is 0 Å². The molecule has 1 fully saturated rings. The molecule has 0 unspecified atom stereocenters. The quantitative estimate of drug-likeness (QED) is 0.443. The molecular weight excluding hydrogens is 417 g/mol. The summed E-state index contributed by atoms with van der Waals surface area (Å²) in [5.41, 5.74) is 3.53. The standard InChI is InChI=1S/C24H26BClF2N2O/c1-3-15-11-17(26)7-10-22(15)30-23(4-2)25-29-24(30)16-5-8-20(9-6-16)31-21-13-18(27)12-19(28)14-21/h7,10-14,16,20H,3-6,8-9H2,1-2H3. The van der Waals surface area contributed by atoms with Crippen molar-refractivity contribution < 1.29 is 13.5 Å². The van der Waals surface area contributed by atoms with E-state index in [1.807, 2.05) is 19.2 Å². The topological polar surface area (TPSA) is 27.1 Å². The first kappa shape index (κ1) is 22.0. The van der Waals surface area contributed by atoms with E-state index in [2.05, 4.69) is 24.5 Å². The summed E-state index contributed by atoms with van der Waals surface area (Å²) >= 11 is 6.24. The van der Waals surface area contributed by atoms with Gasteiger partial charge in [0.2, 0.25) is 0 Å². The van der Waals surface area contributed by atoms with E-state index >= 15 is 0 Å². The molecule has 0 radical (unpaired) electrons. The Hall–Kier alpha value is -2.21. The van der Waals surface area contributed by atoms with Crippen LogP contribution in [0.4, 0.5) is 8.78 Å². The molecule has 1 aliphatic rings. The number of aromatic nitrogens is 2. The summed E-state index contributed by atoms with van der Waals surface area (Å²) in [6, 6.07) is 9.38. The maximum atomic E-state index is 13.5. The van der Waals surface area contributed by atoms with E-state index in [9.17, 15) is 8.78 Å². The third-order valence-corrected chi connectivity index (χ3v) is 6.30. The molecule has 31 heavy (non-hydrogen) atoms. The first-order chi connectivity index (χ1) is 15.0. The van der Waals surface area contributed by atoms with Crippen LogP contribution in [0.2, 0.25) is 5.02 Å². The molecule has 0 aliphatic heterocycles.